The summed E-state index contributed by atoms with van der Waals surface area (Å²) in [4.78, 5) is 6.44. The summed E-state index contributed by atoms with van der Waals surface area (Å²) in [5.74, 6) is 0. The zero-order chi connectivity index (χ0) is 15.9. The van der Waals surface area contributed by atoms with Crippen molar-refractivity contribution in [3.63, 3.8) is 0 Å². The predicted molar refractivity (Wildman–Crippen MR) is 94.0 cm³/mol. The molecule has 0 aliphatic carbocycles. The highest BCUT2D eigenvalue weighted by molar-refractivity contribution is 5.65. The molecule has 0 saturated carbocycles. The third-order valence-electron chi connectivity index (χ3n) is 4.12. The van der Waals surface area contributed by atoms with Crippen LogP contribution in [0.15, 0.2) is 55.1 Å². The first-order valence-electron chi connectivity index (χ1n) is 8.10. The maximum absolute atomic E-state index is 5.69. The van der Waals surface area contributed by atoms with Crippen LogP contribution in [0.4, 0.5) is 5.69 Å². The minimum atomic E-state index is 0.541. The molecule has 0 atom stereocenters. The molecule has 1 aromatic carbocycles. The van der Waals surface area contributed by atoms with Crippen molar-refractivity contribution >= 4 is 11.4 Å². The van der Waals surface area contributed by atoms with E-state index in [1.54, 1.807) is 18.7 Å². The zero-order valence-corrected chi connectivity index (χ0v) is 13.5. The molecule has 0 unspecified atom stereocenters. The van der Waals surface area contributed by atoms with Gasteiger partial charge in [0.1, 0.15) is 12.9 Å². The molecule has 3 rings (SSSR count). The summed E-state index contributed by atoms with van der Waals surface area (Å²) < 4.78 is 5.69. The minimum Gasteiger partial charge on any atom is -0.494 e. The average Bonchev–Trinajstić information content (AvgIpc) is 3.15. The van der Waals surface area contributed by atoms with E-state index in [0.29, 0.717) is 6.61 Å². The van der Waals surface area contributed by atoms with Crippen molar-refractivity contribution in [2.24, 2.45) is 0 Å². The van der Waals surface area contributed by atoms with Gasteiger partial charge in [0.05, 0.1) is 5.70 Å². The Morgan fingerprint density at radius 1 is 1.13 bits per heavy atom. The van der Waals surface area contributed by atoms with Crippen LogP contribution >= 0.6 is 0 Å². The molecule has 1 aliphatic heterocycles. The van der Waals surface area contributed by atoms with E-state index in [1.807, 2.05) is 19.2 Å². The van der Waals surface area contributed by atoms with Gasteiger partial charge in [-0.05, 0) is 42.7 Å². The van der Waals surface area contributed by atoms with Gasteiger partial charge in [0.15, 0.2) is 0 Å². The normalized spacial score (nSPS) is 14.8. The Labute approximate surface area is 137 Å². The number of hydrogen-bond acceptors (Lipinski definition) is 4. The van der Waals surface area contributed by atoms with Crippen LogP contribution in [-0.4, -0.2) is 25.1 Å². The van der Waals surface area contributed by atoms with E-state index in [2.05, 4.69) is 39.5 Å². The molecule has 1 saturated heterocycles. The Morgan fingerprint density at radius 3 is 2.48 bits per heavy atom. The minimum absolute atomic E-state index is 0.541. The Balaban J connectivity index is 1.64. The van der Waals surface area contributed by atoms with Gasteiger partial charge in [-0.15, -0.1) is 0 Å². The summed E-state index contributed by atoms with van der Waals surface area (Å²) in [6, 6.07) is 12.6. The van der Waals surface area contributed by atoms with Gasteiger partial charge in [0.25, 0.3) is 0 Å². The van der Waals surface area contributed by atoms with Gasteiger partial charge in [-0.25, -0.2) is 0 Å². The number of benzene rings is 1. The summed E-state index contributed by atoms with van der Waals surface area (Å²) in [5.41, 5.74) is 4.52. The molecular weight excluding hydrogens is 286 g/mol. The number of nitrogens with one attached hydrogen (secondary N) is 1. The Morgan fingerprint density at radius 2 is 1.83 bits per heavy atom. The number of nitrogens with zero attached hydrogens (tertiary/aromatic N) is 2. The first-order valence-corrected chi connectivity index (χ1v) is 8.10. The van der Waals surface area contributed by atoms with Gasteiger partial charge in [-0.2, -0.15) is 0 Å². The molecule has 1 aliphatic rings. The van der Waals surface area contributed by atoms with E-state index in [0.717, 1.165) is 16.8 Å². The second-order valence-corrected chi connectivity index (χ2v) is 5.69. The Bertz CT molecular complexity index is 631. The standard InChI is InChI=1S/C19H23N3O/c1-20-19(15-23-14-16-8-10-21-11-9-16)17-4-6-18(7-5-17)22-12-2-3-13-22/h4-11,15,20H,2-3,12-14H2,1H3/b19-15-. The lowest BCUT2D eigenvalue weighted by molar-refractivity contribution is 0.237. The van der Waals surface area contributed by atoms with Gasteiger partial charge in [-0.3, -0.25) is 4.98 Å². The summed E-state index contributed by atoms with van der Waals surface area (Å²) in [5, 5.41) is 3.20. The molecule has 1 aromatic heterocycles. The molecule has 4 heteroatoms. The molecule has 0 spiro atoms. The fraction of sp³-hybridized carbons (Fsp3) is 0.316. The van der Waals surface area contributed by atoms with Gasteiger partial charge in [-0.1, -0.05) is 12.1 Å². The highest BCUT2D eigenvalue weighted by atomic mass is 16.5. The van der Waals surface area contributed by atoms with Crippen molar-refractivity contribution in [1.82, 2.24) is 10.3 Å². The van der Waals surface area contributed by atoms with Crippen molar-refractivity contribution < 1.29 is 4.74 Å². The molecular formula is C19H23N3O. The van der Waals surface area contributed by atoms with Crippen LogP contribution in [0.1, 0.15) is 24.0 Å². The van der Waals surface area contributed by atoms with Gasteiger partial charge in [0, 0.05) is 43.8 Å². The summed E-state index contributed by atoms with van der Waals surface area (Å²) in [6.45, 7) is 2.88. The molecule has 0 radical (unpaired) electrons. The number of anilines is 1. The van der Waals surface area contributed by atoms with Crippen LogP contribution in [-0.2, 0) is 11.3 Å². The SMILES string of the molecule is CN/C(=C\OCc1ccncc1)c1ccc(N2CCCC2)cc1. The molecule has 1 fully saturated rings. The molecule has 0 bridgehead atoms. The quantitative estimate of drug-likeness (QED) is 0.830. The Kier molecular flexibility index (Phi) is 5.14. The van der Waals surface area contributed by atoms with Gasteiger partial charge >= 0.3 is 0 Å². The van der Waals surface area contributed by atoms with Crippen molar-refractivity contribution in [2.75, 3.05) is 25.0 Å². The molecule has 0 amide bonds. The van der Waals surface area contributed by atoms with E-state index in [9.17, 15) is 0 Å². The van der Waals surface area contributed by atoms with Gasteiger partial charge < -0.3 is 15.0 Å². The lowest BCUT2D eigenvalue weighted by Gasteiger charge is -2.18. The van der Waals surface area contributed by atoms with Gasteiger partial charge in [0.2, 0.25) is 0 Å². The number of aromatic nitrogens is 1. The fourth-order valence-corrected chi connectivity index (χ4v) is 2.80. The van der Waals surface area contributed by atoms with Crippen LogP contribution in [0.5, 0.6) is 0 Å². The summed E-state index contributed by atoms with van der Waals surface area (Å²) in [7, 11) is 1.91. The number of rotatable bonds is 6. The number of ether oxygens (including phenoxy) is 1. The van der Waals surface area contributed by atoms with Crippen LogP contribution in [0, 0.1) is 0 Å². The summed E-state index contributed by atoms with van der Waals surface area (Å²) >= 11 is 0. The molecule has 2 heterocycles. The molecule has 2 aromatic rings. The number of pyridine rings is 1. The molecule has 1 N–H and O–H groups in total. The van der Waals surface area contributed by atoms with E-state index in [1.165, 1.54) is 31.6 Å². The molecule has 23 heavy (non-hydrogen) atoms. The second-order valence-electron chi connectivity index (χ2n) is 5.69. The van der Waals surface area contributed by atoms with E-state index < -0.39 is 0 Å². The largest absolute Gasteiger partial charge is 0.494 e. The van der Waals surface area contributed by atoms with Crippen LogP contribution < -0.4 is 10.2 Å². The smallest absolute Gasteiger partial charge is 0.113 e. The third kappa shape index (κ3) is 4.03. The van der Waals surface area contributed by atoms with Crippen molar-refractivity contribution in [3.05, 3.63) is 66.2 Å². The van der Waals surface area contributed by atoms with Crippen molar-refractivity contribution in [3.8, 4) is 0 Å². The maximum Gasteiger partial charge on any atom is 0.113 e. The van der Waals surface area contributed by atoms with E-state index in [4.69, 9.17) is 4.74 Å². The number of hydrogen-bond donors (Lipinski definition) is 1. The molecule has 120 valence electrons. The van der Waals surface area contributed by atoms with Crippen LogP contribution in [0.3, 0.4) is 0 Å². The zero-order valence-electron chi connectivity index (χ0n) is 13.5. The van der Waals surface area contributed by atoms with Crippen LogP contribution in [0.2, 0.25) is 0 Å². The highest BCUT2D eigenvalue weighted by Gasteiger charge is 2.12. The maximum atomic E-state index is 5.69. The van der Waals surface area contributed by atoms with E-state index >= 15 is 0 Å². The second kappa shape index (κ2) is 7.68. The van der Waals surface area contributed by atoms with Crippen LogP contribution in [0.25, 0.3) is 5.70 Å². The lowest BCUT2D eigenvalue weighted by Crippen LogP contribution is -2.17. The van der Waals surface area contributed by atoms with E-state index in [-0.39, 0.29) is 0 Å². The highest BCUT2D eigenvalue weighted by Crippen LogP contribution is 2.22. The van der Waals surface area contributed by atoms with Crippen molar-refractivity contribution in [1.29, 1.82) is 0 Å². The summed E-state index contributed by atoms with van der Waals surface area (Å²) in [6.07, 6.45) is 7.93. The first kappa shape index (κ1) is 15.4. The third-order valence-corrected chi connectivity index (χ3v) is 4.12. The first-order chi connectivity index (χ1) is 11.4. The fourth-order valence-electron chi connectivity index (χ4n) is 2.80. The topological polar surface area (TPSA) is 37.4 Å². The molecule has 4 nitrogen and oxygen atoms in total. The Hall–Kier alpha value is -2.49. The average molecular weight is 309 g/mol. The van der Waals surface area contributed by atoms with Crippen molar-refractivity contribution in [2.45, 2.75) is 19.4 Å². The lowest BCUT2D eigenvalue weighted by atomic mass is 10.1. The predicted octanol–water partition coefficient (Wildman–Crippen LogP) is 3.42. The monoisotopic (exact) mass is 309 g/mol.